The van der Waals surface area contributed by atoms with E-state index in [0.29, 0.717) is 13.2 Å². The molecule has 18 heavy (non-hydrogen) atoms. The van der Waals surface area contributed by atoms with Gasteiger partial charge in [-0.15, -0.1) is 0 Å². The molecule has 1 unspecified atom stereocenters. The third-order valence-electron chi connectivity index (χ3n) is 2.81. The van der Waals surface area contributed by atoms with Gasteiger partial charge in [-0.25, -0.2) is 0 Å². The highest BCUT2D eigenvalue weighted by Crippen LogP contribution is 2.24. The van der Waals surface area contributed by atoms with Crippen molar-refractivity contribution >= 4 is 0 Å². The maximum Gasteiger partial charge on any atom is 0.124 e. The minimum atomic E-state index is 0.103. The highest BCUT2D eigenvalue weighted by atomic mass is 16.5. The normalized spacial score (nSPS) is 12.4. The number of rotatable bonds is 9. The predicted molar refractivity (Wildman–Crippen MR) is 73.7 cm³/mol. The molecule has 1 aromatic rings. The smallest absolute Gasteiger partial charge is 0.124 e. The number of aliphatic hydroxyl groups excluding tert-OH is 1. The number of unbranched alkanes of at least 4 members (excludes halogenated alkanes) is 1. The van der Waals surface area contributed by atoms with Crippen molar-refractivity contribution in [1.29, 1.82) is 0 Å². The van der Waals surface area contributed by atoms with Crippen LogP contribution >= 0.6 is 0 Å². The van der Waals surface area contributed by atoms with E-state index in [1.54, 1.807) is 0 Å². The molecule has 0 saturated heterocycles. The van der Waals surface area contributed by atoms with Crippen molar-refractivity contribution in [3.8, 4) is 5.75 Å². The van der Waals surface area contributed by atoms with Crippen LogP contribution in [0.25, 0.3) is 0 Å². The Kier molecular flexibility index (Phi) is 7.41. The molecule has 4 nitrogen and oxygen atoms in total. The van der Waals surface area contributed by atoms with E-state index in [-0.39, 0.29) is 12.6 Å². The van der Waals surface area contributed by atoms with Gasteiger partial charge in [-0.05, 0) is 32.4 Å². The summed E-state index contributed by atoms with van der Waals surface area (Å²) >= 11 is 0. The molecule has 0 bridgehead atoms. The molecule has 1 atom stereocenters. The molecule has 0 heterocycles. The second-order valence-electron chi connectivity index (χ2n) is 4.14. The van der Waals surface area contributed by atoms with E-state index in [4.69, 9.17) is 15.6 Å². The fourth-order valence-electron chi connectivity index (χ4n) is 1.89. The van der Waals surface area contributed by atoms with Gasteiger partial charge in [0.2, 0.25) is 0 Å². The molecule has 0 aliphatic carbocycles. The van der Waals surface area contributed by atoms with E-state index in [9.17, 15) is 0 Å². The van der Waals surface area contributed by atoms with Gasteiger partial charge in [-0.1, -0.05) is 18.2 Å². The van der Waals surface area contributed by atoms with Gasteiger partial charge >= 0.3 is 0 Å². The number of hydrogen-bond donors (Lipinski definition) is 3. The maximum absolute atomic E-state index is 8.75. The number of hydrogen-bond acceptors (Lipinski definition) is 4. The van der Waals surface area contributed by atoms with Crippen LogP contribution in [0.2, 0.25) is 0 Å². The summed E-state index contributed by atoms with van der Waals surface area (Å²) in [5, 5.41) is 12.2. The Bertz CT molecular complexity index is 331. The summed E-state index contributed by atoms with van der Waals surface area (Å²) in [6.07, 6.45) is 1.77. The lowest BCUT2D eigenvalue weighted by atomic mass is 10.1. The summed E-state index contributed by atoms with van der Waals surface area (Å²) in [5.74, 6) is 0.894. The van der Waals surface area contributed by atoms with Gasteiger partial charge < -0.3 is 20.9 Å². The van der Waals surface area contributed by atoms with E-state index >= 15 is 0 Å². The first kappa shape index (κ1) is 15.0. The van der Waals surface area contributed by atoms with Crippen LogP contribution in [-0.2, 0) is 0 Å². The second-order valence-corrected chi connectivity index (χ2v) is 4.14. The highest BCUT2D eigenvalue weighted by molar-refractivity contribution is 5.36. The zero-order chi connectivity index (χ0) is 13.2. The minimum absolute atomic E-state index is 0.103. The Labute approximate surface area is 109 Å². The molecule has 0 aliphatic rings. The molecule has 4 heteroatoms. The molecule has 0 fully saturated rings. The van der Waals surface area contributed by atoms with Crippen molar-refractivity contribution < 1.29 is 9.84 Å². The van der Waals surface area contributed by atoms with Crippen LogP contribution in [0.1, 0.15) is 31.4 Å². The van der Waals surface area contributed by atoms with Crippen molar-refractivity contribution in [2.75, 3.05) is 26.3 Å². The molecular weight excluding hydrogens is 228 g/mol. The third-order valence-corrected chi connectivity index (χ3v) is 2.81. The maximum atomic E-state index is 8.75. The first-order valence-corrected chi connectivity index (χ1v) is 6.59. The Balaban J connectivity index is 2.62. The summed E-state index contributed by atoms with van der Waals surface area (Å²) in [4.78, 5) is 0. The Morgan fingerprint density at radius 3 is 2.78 bits per heavy atom. The molecule has 0 spiro atoms. The zero-order valence-corrected chi connectivity index (χ0v) is 11.1. The van der Waals surface area contributed by atoms with Gasteiger partial charge in [0.05, 0.1) is 6.61 Å². The topological polar surface area (TPSA) is 67.5 Å². The van der Waals surface area contributed by atoms with E-state index in [1.165, 1.54) is 0 Å². The van der Waals surface area contributed by atoms with Crippen LogP contribution in [0, 0.1) is 0 Å². The molecule has 1 rings (SSSR count). The minimum Gasteiger partial charge on any atom is -0.494 e. The van der Waals surface area contributed by atoms with Gasteiger partial charge in [0.15, 0.2) is 0 Å². The Morgan fingerprint density at radius 2 is 2.11 bits per heavy atom. The predicted octanol–water partition coefficient (Wildman–Crippen LogP) is 1.45. The van der Waals surface area contributed by atoms with Gasteiger partial charge in [-0.2, -0.15) is 0 Å². The lowest BCUT2D eigenvalue weighted by molar-refractivity contribution is 0.282. The van der Waals surface area contributed by atoms with Gasteiger partial charge in [0, 0.05) is 24.8 Å². The largest absolute Gasteiger partial charge is 0.494 e. The van der Waals surface area contributed by atoms with E-state index in [0.717, 1.165) is 30.7 Å². The monoisotopic (exact) mass is 252 g/mol. The Morgan fingerprint density at radius 1 is 1.33 bits per heavy atom. The number of ether oxygens (including phenoxy) is 1. The number of benzene rings is 1. The van der Waals surface area contributed by atoms with Gasteiger partial charge in [0.1, 0.15) is 5.75 Å². The molecule has 0 amide bonds. The van der Waals surface area contributed by atoms with Crippen molar-refractivity contribution in [3.05, 3.63) is 29.8 Å². The molecule has 0 radical (unpaired) electrons. The number of nitrogens with two attached hydrogens (primary N) is 1. The lowest BCUT2D eigenvalue weighted by Gasteiger charge is -2.20. The van der Waals surface area contributed by atoms with Crippen LogP contribution in [0.15, 0.2) is 24.3 Å². The summed E-state index contributed by atoms with van der Waals surface area (Å²) in [6.45, 7) is 4.25. The van der Waals surface area contributed by atoms with Gasteiger partial charge in [-0.3, -0.25) is 0 Å². The fourth-order valence-corrected chi connectivity index (χ4v) is 1.89. The van der Waals surface area contributed by atoms with Crippen LogP contribution in [0.3, 0.4) is 0 Å². The van der Waals surface area contributed by atoms with E-state index < -0.39 is 0 Å². The van der Waals surface area contributed by atoms with Crippen molar-refractivity contribution in [3.63, 3.8) is 0 Å². The van der Waals surface area contributed by atoms with Crippen LogP contribution in [-0.4, -0.2) is 31.4 Å². The molecule has 0 aromatic heterocycles. The molecule has 1 aromatic carbocycles. The highest BCUT2D eigenvalue weighted by Gasteiger charge is 2.13. The van der Waals surface area contributed by atoms with Crippen molar-refractivity contribution in [2.45, 2.75) is 25.8 Å². The van der Waals surface area contributed by atoms with Crippen LogP contribution in [0.4, 0.5) is 0 Å². The standard InChI is InChI=1S/C14H24N2O2/c1-2-18-14-8-4-3-7-12(14)13(11-15)16-9-5-6-10-17/h3-4,7-8,13,16-17H,2,5-6,9-11,15H2,1H3. The number of para-hydroxylation sites is 1. The number of nitrogens with one attached hydrogen (secondary N) is 1. The summed E-state index contributed by atoms with van der Waals surface area (Å²) in [7, 11) is 0. The SMILES string of the molecule is CCOc1ccccc1C(CN)NCCCCO. The third kappa shape index (κ3) is 4.64. The van der Waals surface area contributed by atoms with Crippen LogP contribution in [0.5, 0.6) is 5.75 Å². The fraction of sp³-hybridized carbons (Fsp3) is 0.571. The first-order chi connectivity index (χ1) is 8.83. The molecule has 0 aliphatic heterocycles. The summed E-state index contributed by atoms with van der Waals surface area (Å²) in [6, 6.07) is 8.08. The zero-order valence-electron chi connectivity index (χ0n) is 11.1. The summed E-state index contributed by atoms with van der Waals surface area (Å²) in [5.41, 5.74) is 6.92. The average Bonchev–Trinajstić information content (AvgIpc) is 2.41. The van der Waals surface area contributed by atoms with E-state index in [2.05, 4.69) is 5.32 Å². The van der Waals surface area contributed by atoms with Crippen molar-refractivity contribution in [2.24, 2.45) is 5.73 Å². The average molecular weight is 252 g/mol. The molecule has 102 valence electrons. The first-order valence-electron chi connectivity index (χ1n) is 6.59. The summed E-state index contributed by atoms with van der Waals surface area (Å²) < 4.78 is 5.61. The molecular formula is C14H24N2O2. The second kappa shape index (κ2) is 8.91. The molecule has 4 N–H and O–H groups in total. The van der Waals surface area contributed by atoms with E-state index in [1.807, 2.05) is 31.2 Å². The van der Waals surface area contributed by atoms with Crippen LogP contribution < -0.4 is 15.8 Å². The van der Waals surface area contributed by atoms with Crippen molar-refractivity contribution in [1.82, 2.24) is 5.32 Å². The molecule has 0 saturated carbocycles. The quantitative estimate of drug-likeness (QED) is 0.582. The lowest BCUT2D eigenvalue weighted by Crippen LogP contribution is -2.29. The van der Waals surface area contributed by atoms with Gasteiger partial charge in [0.25, 0.3) is 0 Å². The number of aliphatic hydroxyl groups is 1. The Hall–Kier alpha value is -1.10.